The van der Waals surface area contributed by atoms with Crippen LogP contribution in [-0.2, 0) is 19.6 Å². The highest BCUT2D eigenvalue weighted by molar-refractivity contribution is 7.86. The largest absolute Gasteiger partial charge is 0.743 e. The molecule has 0 saturated carbocycles. The van der Waals surface area contributed by atoms with Crippen LogP contribution in [0.2, 0.25) is 0 Å². The summed E-state index contributed by atoms with van der Waals surface area (Å²) in [6, 6.07) is 14.1. The quantitative estimate of drug-likeness (QED) is 0.422. The molecule has 3 aliphatic rings. The van der Waals surface area contributed by atoms with Crippen molar-refractivity contribution in [3.8, 4) is 0 Å². The van der Waals surface area contributed by atoms with E-state index in [4.69, 9.17) is 0 Å². The van der Waals surface area contributed by atoms with Crippen LogP contribution in [0.15, 0.2) is 48.5 Å². The number of ether oxygens (including phenoxy) is 1. The standard InChI is InChI=1S/C19H14F4O5S/c20-18(21,19(22,23)29(25,26)27)28-17(24)15-9-14-10-5-1-3-7-12(10)16(15)13-8-4-2-6-11(13)14/h1-8,14-16H,9H2,(H,25,26,27)/p-1. The van der Waals surface area contributed by atoms with Crippen molar-refractivity contribution in [3.63, 3.8) is 0 Å². The molecule has 0 heterocycles. The van der Waals surface area contributed by atoms with Crippen molar-refractivity contribution in [2.75, 3.05) is 0 Å². The molecule has 0 N–H and O–H groups in total. The summed E-state index contributed by atoms with van der Waals surface area (Å²) >= 11 is 0. The Labute approximate surface area is 163 Å². The lowest BCUT2D eigenvalue weighted by molar-refractivity contribution is -0.304. The lowest BCUT2D eigenvalue weighted by Gasteiger charge is -2.44. The Kier molecular flexibility index (Phi) is 4.29. The molecule has 2 aromatic rings. The molecule has 10 heteroatoms. The van der Waals surface area contributed by atoms with Gasteiger partial charge in [-0.05, 0) is 28.7 Å². The van der Waals surface area contributed by atoms with Gasteiger partial charge in [0.1, 0.15) is 0 Å². The maximum absolute atomic E-state index is 13.8. The zero-order valence-corrected chi connectivity index (χ0v) is 15.3. The van der Waals surface area contributed by atoms with Crippen molar-refractivity contribution in [2.24, 2.45) is 5.92 Å². The Bertz CT molecular complexity index is 1050. The fourth-order valence-electron chi connectivity index (χ4n) is 4.27. The number of fused-ring (bicyclic) bond motifs is 1. The van der Waals surface area contributed by atoms with Crippen LogP contribution in [0.25, 0.3) is 0 Å². The number of alkyl halides is 4. The third kappa shape index (κ3) is 2.84. The first-order valence-electron chi connectivity index (χ1n) is 8.57. The van der Waals surface area contributed by atoms with E-state index in [1.165, 1.54) is 0 Å². The number of esters is 1. The molecule has 0 amide bonds. The number of hydrogen-bond acceptors (Lipinski definition) is 5. The van der Waals surface area contributed by atoms with Crippen LogP contribution in [-0.4, -0.2) is 30.3 Å². The zero-order valence-electron chi connectivity index (χ0n) is 14.5. The average molecular weight is 429 g/mol. The number of carbonyl (C=O) groups excluding carboxylic acids is 1. The van der Waals surface area contributed by atoms with Gasteiger partial charge in [0.2, 0.25) is 0 Å². The Morgan fingerprint density at radius 1 is 0.931 bits per heavy atom. The van der Waals surface area contributed by atoms with E-state index in [2.05, 4.69) is 4.74 Å². The fourth-order valence-corrected chi connectivity index (χ4v) is 4.61. The topological polar surface area (TPSA) is 83.5 Å². The lowest BCUT2D eigenvalue weighted by Crippen LogP contribution is -2.51. The van der Waals surface area contributed by atoms with Gasteiger partial charge in [-0.2, -0.15) is 17.6 Å². The molecular weight excluding hydrogens is 416 g/mol. The van der Waals surface area contributed by atoms with E-state index in [1.54, 1.807) is 36.4 Å². The molecule has 0 spiro atoms. The van der Waals surface area contributed by atoms with Gasteiger partial charge >= 0.3 is 17.3 Å². The molecule has 1 atom stereocenters. The summed E-state index contributed by atoms with van der Waals surface area (Å²) in [4.78, 5) is 12.5. The monoisotopic (exact) mass is 429 g/mol. The summed E-state index contributed by atoms with van der Waals surface area (Å²) in [5.74, 6) is -3.96. The second-order valence-electron chi connectivity index (χ2n) is 7.04. The van der Waals surface area contributed by atoms with Gasteiger partial charge in [0.05, 0.1) is 5.92 Å². The minimum Gasteiger partial charge on any atom is -0.743 e. The highest BCUT2D eigenvalue weighted by Gasteiger charge is 2.66. The molecule has 0 saturated heterocycles. The number of rotatable bonds is 4. The first-order chi connectivity index (χ1) is 13.5. The third-order valence-corrected chi connectivity index (χ3v) is 6.35. The fraction of sp³-hybridized carbons (Fsp3) is 0.316. The lowest BCUT2D eigenvalue weighted by atomic mass is 9.59. The average Bonchev–Trinajstić information content (AvgIpc) is 2.66. The van der Waals surface area contributed by atoms with Gasteiger partial charge in [-0.3, -0.25) is 4.79 Å². The Morgan fingerprint density at radius 2 is 1.38 bits per heavy atom. The van der Waals surface area contributed by atoms with E-state index in [1.807, 2.05) is 12.1 Å². The van der Waals surface area contributed by atoms with Crippen molar-refractivity contribution >= 4 is 16.1 Å². The van der Waals surface area contributed by atoms with Gasteiger partial charge in [0.25, 0.3) is 0 Å². The summed E-state index contributed by atoms with van der Waals surface area (Å²) in [6.45, 7) is 0. The van der Waals surface area contributed by atoms with Crippen LogP contribution in [0.4, 0.5) is 17.6 Å². The van der Waals surface area contributed by atoms with Gasteiger partial charge in [-0.1, -0.05) is 48.5 Å². The molecule has 3 aliphatic carbocycles. The van der Waals surface area contributed by atoms with Crippen LogP contribution in [0.5, 0.6) is 0 Å². The Morgan fingerprint density at radius 3 is 1.83 bits per heavy atom. The van der Waals surface area contributed by atoms with Crippen LogP contribution in [0.1, 0.15) is 40.5 Å². The normalized spacial score (nSPS) is 23.3. The second-order valence-corrected chi connectivity index (χ2v) is 8.46. The van der Waals surface area contributed by atoms with Crippen molar-refractivity contribution < 1.29 is 40.1 Å². The summed E-state index contributed by atoms with van der Waals surface area (Å²) in [5.41, 5.74) is 3.19. The minimum absolute atomic E-state index is 0.0311. The molecule has 0 fully saturated rings. The highest BCUT2D eigenvalue weighted by atomic mass is 32.2. The smallest absolute Gasteiger partial charge is 0.481 e. The van der Waals surface area contributed by atoms with Gasteiger partial charge in [0.15, 0.2) is 10.1 Å². The van der Waals surface area contributed by atoms with Gasteiger partial charge in [-0.25, -0.2) is 8.42 Å². The van der Waals surface area contributed by atoms with Crippen LogP contribution >= 0.6 is 0 Å². The molecule has 1 unspecified atom stereocenters. The van der Waals surface area contributed by atoms with E-state index in [9.17, 15) is 35.3 Å². The molecule has 5 nitrogen and oxygen atoms in total. The number of hydrogen-bond donors (Lipinski definition) is 0. The van der Waals surface area contributed by atoms with E-state index in [0.717, 1.165) is 11.1 Å². The minimum atomic E-state index is -6.75. The molecule has 29 heavy (non-hydrogen) atoms. The van der Waals surface area contributed by atoms with Gasteiger partial charge in [0, 0.05) is 11.8 Å². The zero-order chi connectivity index (χ0) is 21.2. The maximum atomic E-state index is 13.8. The predicted octanol–water partition coefficient (Wildman–Crippen LogP) is 3.56. The summed E-state index contributed by atoms with van der Waals surface area (Å²) in [7, 11) is -6.75. The van der Waals surface area contributed by atoms with Crippen LogP contribution < -0.4 is 0 Å². The van der Waals surface area contributed by atoms with Gasteiger partial charge < -0.3 is 9.29 Å². The van der Waals surface area contributed by atoms with E-state index < -0.39 is 39.3 Å². The van der Waals surface area contributed by atoms with Crippen molar-refractivity contribution in [2.45, 2.75) is 29.6 Å². The summed E-state index contributed by atoms with van der Waals surface area (Å²) < 4.78 is 89.5. The van der Waals surface area contributed by atoms with Crippen molar-refractivity contribution in [1.82, 2.24) is 0 Å². The van der Waals surface area contributed by atoms with E-state index in [-0.39, 0.29) is 12.3 Å². The number of halogens is 4. The summed E-state index contributed by atoms with van der Waals surface area (Å²) in [6.07, 6.45) is -5.76. The predicted molar refractivity (Wildman–Crippen MR) is 90.4 cm³/mol. The molecule has 0 aromatic heterocycles. The molecule has 2 bridgehead atoms. The SMILES string of the molecule is O=C(OC(F)(F)C(F)(F)S(=O)(=O)[O-])C1CC2c3ccccc3C1c1ccccc12. The van der Waals surface area contributed by atoms with Crippen LogP contribution in [0.3, 0.4) is 0 Å². The van der Waals surface area contributed by atoms with Crippen LogP contribution in [0, 0.1) is 5.92 Å². The Balaban J connectivity index is 1.72. The first-order valence-corrected chi connectivity index (χ1v) is 9.98. The highest BCUT2D eigenvalue weighted by Crippen LogP contribution is 2.56. The van der Waals surface area contributed by atoms with Gasteiger partial charge in [-0.15, -0.1) is 0 Å². The molecule has 2 aromatic carbocycles. The Hall–Kier alpha value is -2.46. The third-order valence-electron chi connectivity index (χ3n) is 5.49. The molecule has 5 rings (SSSR count). The van der Waals surface area contributed by atoms with E-state index in [0.29, 0.717) is 11.1 Å². The second kappa shape index (κ2) is 6.27. The number of benzene rings is 2. The van der Waals surface area contributed by atoms with Crippen molar-refractivity contribution in [3.05, 3.63) is 70.8 Å². The molecular formula is C19H13F4O5S-. The first kappa shape index (κ1) is 19.8. The van der Waals surface area contributed by atoms with E-state index >= 15 is 0 Å². The summed E-state index contributed by atoms with van der Waals surface area (Å²) in [5, 5.41) is -6.08. The molecule has 0 aliphatic heterocycles. The molecule has 0 radical (unpaired) electrons. The maximum Gasteiger partial charge on any atom is 0.481 e. The number of carbonyl (C=O) groups is 1. The molecule has 154 valence electrons. The van der Waals surface area contributed by atoms with Crippen molar-refractivity contribution in [1.29, 1.82) is 0 Å².